The van der Waals surface area contributed by atoms with Crippen molar-refractivity contribution in [2.75, 3.05) is 6.54 Å². The molecule has 0 aliphatic rings. The molecule has 13 heavy (non-hydrogen) atoms. The van der Waals surface area contributed by atoms with Crippen LogP contribution in [0.3, 0.4) is 0 Å². The fourth-order valence-corrected chi connectivity index (χ4v) is 0.501. The number of hydrazine groups is 1. The lowest BCUT2D eigenvalue weighted by atomic mass is 10.3. The van der Waals surface area contributed by atoms with Gasteiger partial charge in [-0.05, 0) is 0 Å². The largest absolute Gasteiger partial charge is 0.481 e. The third-order valence-electron chi connectivity index (χ3n) is 1.03. The predicted octanol–water partition coefficient (Wildman–Crippen LogP) is -1.44. The maximum atomic E-state index is 10.7. The molecule has 0 atom stereocenters. The summed E-state index contributed by atoms with van der Waals surface area (Å²) in [6.07, 6.45) is -0.456. The molecule has 0 spiro atoms. The molecule has 0 saturated heterocycles. The molecular formula is C6H10N2O5. The molecule has 4 N–H and O–H groups in total. The minimum Gasteiger partial charge on any atom is -0.481 e. The number of rotatable bonds is 6. The maximum absolute atomic E-state index is 10.7. The smallest absolute Gasteiger partial charge is 0.319 e. The highest BCUT2D eigenvalue weighted by Crippen LogP contribution is 1.86. The summed E-state index contributed by atoms with van der Waals surface area (Å²) in [6.45, 7) is -0.404. The Kier molecular flexibility index (Phi) is 5.20. The monoisotopic (exact) mass is 190 g/mol. The zero-order valence-corrected chi connectivity index (χ0v) is 6.74. The molecule has 0 heterocycles. The fraction of sp³-hybridized carbons (Fsp3) is 0.500. The average molecular weight is 190 g/mol. The van der Waals surface area contributed by atoms with E-state index in [1.165, 1.54) is 0 Å². The Hall–Kier alpha value is -1.63. The van der Waals surface area contributed by atoms with Crippen LogP contribution in [0.4, 0.5) is 0 Å². The van der Waals surface area contributed by atoms with E-state index in [1.807, 2.05) is 5.43 Å². The number of amides is 1. The number of aliphatic carboxylic acids is 2. The van der Waals surface area contributed by atoms with Crippen LogP contribution in [0, 0.1) is 0 Å². The van der Waals surface area contributed by atoms with E-state index < -0.39 is 24.4 Å². The van der Waals surface area contributed by atoms with Crippen LogP contribution >= 0.6 is 0 Å². The van der Waals surface area contributed by atoms with Gasteiger partial charge in [0.15, 0.2) is 0 Å². The normalized spacial score (nSPS) is 9.23. The third-order valence-corrected chi connectivity index (χ3v) is 1.03. The summed E-state index contributed by atoms with van der Waals surface area (Å²) in [5, 5.41) is 16.3. The first-order chi connectivity index (χ1) is 6.02. The van der Waals surface area contributed by atoms with Crippen LogP contribution < -0.4 is 10.9 Å². The number of nitrogens with one attached hydrogen (secondary N) is 2. The highest BCUT2D eigenvalue weighted by molar-refractivity contribution is 5.80. The summed E-state index contributed by atoms with van der Waals surface area (Å²) in [7, 11) is 0. The lowest BCUT2D eigenvalue weighted by Crippen LogP contribution is -2.40. The zero-order chi connectivity index (χ0) is 10.3. The van der Waals surface area contributed by atoms with Gasteiger partial charge in [0.1, 0.15) is 6.54 Å². The van der Waals surface area contributed by atoms with Gasteiger partial charge in [0, 0.05) is 6.42 Å². The van der Waals surface area contributed by atoms with E-state index in [-0.39, 0.29) is 12.8 Å². The molecular weight excluding hydrogens is 180 g/mol. The van der Waals surface area contributed by atoms with Crippen LogP contribution in [0.15, 0.2) is 0 Å². The van der Waals surface area contributed by atoms with Gasteiger partial charge < -0.3 is 10.2 Å². The highest BCUT2D eigenvalue weighted by atomic mass is 16.4. The third kappa shape index (κ3) is 8.27. The van der Waals surface area contributed by atoms with Gasteiger partial charge in [-0.2, -0.15) is 0 Å². The van der Waals surface area contributed by atoms with Crippen molar-refractivity contribution < 1.29 is 24.6 Å². The van der Waals surface area contributed by atoms with E-state index >= 15 is 0 Å². The standard InChI is InChI=1S/C6H10N2O5/c9-4(1-2-5(10)11)8-7-3-6(12)13/h7H,1-3H2,(H,8,9)(H,10,11)(H,12,13). The van der Waals surface area contributed by atoms with Crippen LogP contribution in [0.5, 0.6) is 0 Å². The number of carboxylic acids is 2. The van der Waals surface area contributed by atoms with Crippen LogP contribution in [0.25, 0.3) is 0 Å². The van der Waals surface area contributed by atoms with E-state index in [0.29, 0.717) is 0 Å². The van der Waals surface area contributed by atoms with Gasteiger partial charge in [0.2, 0.25) is 5.91 Å². The molecule has 0 aliphatic heterocycles. The minimum absolute atomic E-state index is 0.179. The Morgan fingerprint density at radius 2 is 1.62 bits per heavy atom. The lowest BCUT2D eigenvalue weighted by molar-refractivity contribution is -0.139. The molecule has 1 amide bonds. The lowest BCUT2D eigenvalue weighted by Gasteiger charge is -2.02. The van der Waals surface area contributed by atoms with E-state index in [9.17, 15) is 14.4 Å². The summed E-state index contributed by atoms with van der Waals surface area (Å²) in [6, 6.07) is 0. The number of carboxylic acid groups (broad SMARTS) is 2. The van der Waals surface area contributed by atoms with E-state index in [2.05, 4.69) is 5.43 Å². The number of hydrogen-bond donors (Lipinski definition) is 4. The summed E-state index contributed by atoms with van der Waals surface area (Å²) in [5.74, 6) is -2.74. The van der Waals surface area contributed by atoms with Gasteiger partial charge in [0.25, 0.3) is 0 Å². The zero-order valence-electron chi connectivity index (χ0n) is 6.74. The molecule has 0 fully saturated rings. The van der Waals surface area contributed by atoms with Gasteiger partial charge in [0.05, 0.1) is 6.42 Å². The van der Waals surface area contributed by atoms with Gasteiger partial charge in [-0.1, -0.05) is 0 Å². The van der Waals surface area contributed by atoms with Gasteiger partial charge in [-0.25, -0.2) is 5.43 Å². The Morgan fingerprint density at radius 3 is 2.08 bits per heavy atom. The summed E-state index contributed by atoms with van der Waals surface area (Å²) in [5.41, 5.74) is 4.15. The topological polar surface area (TPSA) is 116 Å². The molecule has 0 rings (SSSR count). The van der Waals surface area contributed by atoms with Crippen molar-refractivity contribution in [3.8, 4) is 0 Å². The van der Waals surface area contributed by atoms with E-state index in [0.717, 1.165) is 0 Å². The van der Waals surface area contributed by atoms with Crippen molar-refractivity contribution in [3.05, 3.63) is 0 Å². The molecule has 0 aromatic carbocycles. The second-order valence-corrected chi connectivity index (χ2v) is 2.19. The van der Waals surface area contributed by atoms with E-state index in [4.69, 9.17) is 10.2 Å². The molecule has 0 bridgehead atoms. The molecule has 7 heteroatoms. The highest BCUT2D eigenvalue weighted by Gasteiger charge is 2.04. The van der Waals surface area contributed by atoms with Crippen molar-refractivity contribution in [3.63, 3.8) is 0 Å². The Labute approximate surface area is 73.7 Å². The Morgan fingerprint density at radius 1 is 1.00 bits per heavy atom. The molecule has 0 aromatic rings. The van der Waals surface area contributed by atoms with Gasteiger partial charge in [-0.3, -0.25) is 19.8 Å². The molecule has 0 aliphatic carbocycles. The summed E-state index contributed by atoms with van der Waals surface area (Å²) >= 11 is 0. The van der Waals surface area contributed by atoms with Crippen molar-refractivity contribution in [1.82, 2.24) is 10.9 Å². The molecule has 74 valence electrons. The molecule has 7 nitrogen and oxygen atoms in total. The van der Waals surface area contributed by atoms with Crippen molar-refractivity contribution >= 4 is 17.8 Å². The Bertz CT molecular complexity index is 215. The number of hydrogen-bond acceptors (Lipinski definition) is 4. The van der Waals surface area contributed by atoms with Crippen molar-refractivity contribution in [2.45, 2.75) is 12.8 Å². The minimum atomic E-state index is -1.11. The van der Waals surface area contributed by atoms with Gasteiger partial charge in [-0.15, -0.1) is 0 Å². The fourth-order valence-electron chi connectivity index (χ4n) is 0.501. The maximum Gasteiger partial charge on any atom is 0.319 e. The van der Waals surface area contributed by atoms with Crippen LogP contribution in [0.1, 0.15) is 12.8 Å². The van der Waals surface area contributed by atoms with Crippen LogP contribution in [0.2, 0.25) is 0 Å². The number of carbonyl (C=O) groups is 3. The molecule has 0 radical (unpaired) electrons. The average Bonchev–Trinajstić information content (AvgIpc) is 2.00. The summed E-state index contributed by atoms with van der Waals surface area (Å²) < 4.78 is 0. The first-order valence-electron chi connectivity index (χ1n) is 3.47. The predicted molar refractivity (Wildman–Crippen MR) is 40.7 cm³/mol. The summed E-state index contributed by atoms with van der Waals surface area (Å²) in [4.78, 5) is 30.6. The van der Waals surface area contributed by atoms with Gasteiger partial charge >= 0.3 is 11.9 Å². The second kappa shape index (κ2) is 5.95. The SMILES string of the molecule is O=C(O)CCC(=O)NNCC(=O)O. The molecule has 0 saturated carbocycles. The first-order valence-corrected chi connectivity index (χ1v) is 3.47. The Balaban J connectivity index is 3.41. The quantitative estimate of drug-likeness (QED) is 0.381. The number of carbonyl (C=O) groups excluding carboxylic acids is 1. The van der Waals surface area contributed by atoms with Crippen molar-refractivity contribution in [2.24, 2.45) is 0 Å². The second-order valence-electron chi connectivity index (χ2n) is 2.19. The van der Waals surface area contributed by atoms with Crippen LogP contribution in [-0.4, -0.2) is 34.6 Å². The van der Waals surface area contributed by atoms with E-state index in [1.54, 1.807) is 0 Å². The van der Waals surface area contributed by atoms with Crippen LogP contribution in [-0.2, 0) is 14.4 Å². The molecule has 0 aromatic heterocycles. The van der Waals surface area contributed by atoms with Crippen molar-refractivity contribution in [1.29, 1.82) is 0 Å². The first kappa shape index (κ1) is 11.4. The molecule has 0 unspecified atom stereocenters.